The van der Waals surface area contributed by atoms with Gasteiger partial charge in [-0.1, -0.05) is 15.9 Å². The Hall–Kier alpha value is -2.20. The SMILES string of the molecule is CCn1c(CCNC(=O)CN2C(=O)COc3cc(Br)ccc32)n[nH]c1=S. The van der Waals surface area contributed by atoms with E-state index >= 15 is 0 Å². The predicted molar refractivity (Wildman–Crippen MR) is 102 cm³/mol. The van der Waals surface area contributed by atoms with Crippen LogP contribution in [0.25, 0.3) is 0 Å². The number of aromatic nitrogens is 3. The summed E-state index contributed by atoms with van der Waals surface area (Å²) in [6.07, 6.45) is 0.549. The van der Waals surface area contributed by atoms with Crippen LogP contribution in [0.5, 0.6) is 5.75 Å². The first-order valence-electron chi connectivity index (χ1n) is 8.13. The highest BCUT2D eigenvalue weighted by molar-refractivity contribution is 9.10. The Morgan fingerprint density at radius 1 is 1.50 bits per heavy atom. The number of rotatable bonds is 6. The van der Waals surface area contributed by atoms with Crippen molar-refractivity contribution < 1.29 is 14.3 Å². The van der Waals surface area contributed by atoms with E-state index in [0.717, 1.165) is 10.3 Å². The molecule has 138 valence electrons. The maximum Gasteiger partial charge on any atom is 0.265 e. The number of hydrogen-bond acceptors (Lipinski definition) is 5. The van der Waals surface area contributed by atoms with Crippen LogP contribution in [0.1, 0.15) is 12.7 Å². The van der Waals surface area contributed by atoms with Crippen molar-refractivity contribution in [2.24, 2.45) is 0 Å². The molecule has 26 heavy (non-hydrogen) atoms. The van der Waals surface area contributed by atoms with Crippen molar-refractivity contribution in [2.75, 3.05) is 24.6 Å². The molecule has 0 atom stereocenters. The summed E-state index contributed by atoms with van der Waals surface area (Å²) in [5.74, 6) is 0.869. The Labute approximate surface area is 163 Å². The first-order valence-corrected chi connectivity index (χ1v) is 9.33. The number of hydrogen-bond donors (Lipinski definition) is 2. The number of halogens is 1. The summed E-state index contributed by atoms with van der Waals surface area (Å²) in [6.45, 7) is 2.96. The Morgan fingerprint density at radius 2 is 2.31 bits per heavy atom. The van der Waals surface area contributed by atoms with Crippen LogP contribution in [0, 0.1) is 4.77 Å². The number of H-pyrrole nitrogens is 1. The minimum atomic E-state index is -0.248. The molecule has 0 saturated carbocycles. The van der Waals surface area contributed by atoms with Gasteiger partial charge in [0.2, 0.25) is 5.91 Å². The Kier molecular flexibility index (Phi) is 5.72. The van der Waals surface area contributed by atoms with E-state index in [1.807, 2.05) is 11.5 Å². The number of nitrogens with zero attached hydrogens (tertiary/aromatic N) is 3. The van der Waals surface area contributed by atoms with E-state index < -0.39 is 0 Å². The third-order valence-corrected chi connectivity index (χ3v) is 4.80. The normalized spacial score (nSPS) is 13.3. The molecule has 0 spiro atoms. The fourth-order valence-corrected chi connectivity index (χ4v) is 3.35. The van der Waals surface area contributed by atoms with E-state index in [2.05, 4.69) is 31.4 Å². The van der Waals surface area contributed by atoms with Crippen LogP contribution in [0.4, 0.5) is 5.69 Å². The Morgan fingerprint density at radius 3 is 3.08 bits per heavy atom. The molecule has 1 aliphatic heterocycles. The van der Waals surface area contributed by atoms with Gasteiger partial charge in [-0.15, -0.1) is 0 Å². The number of carbonyl (C=O) groups excluding carboxylic acids is 2. The van der Waals surface area contributed by atoms with Crippen molar-refractivity contribution in [2.45, 2.75) is 19.9 Å². The second-order valence-corrected chi connectivity index (χ2v) is 6.97. The van der Waals surface area contributed by atoms with E-state index in [1.165, 1.54) is 4.90 Å². The number of benzene rings is 1. The van der Waals surface area contributed by atoms with Crippen molar-refractivity contribution in [1.29, 1.82) is 0 Å². The van der Waals surface area contributed by atoms with Crippen LogP contribution in [0.3, 0.4) is 0 Å². The van der Waals surface area contributed by atoms with Crippen molar-refractivity contribution in [3.05, 3.63) is 33.3 Å². The standard InChI is InChI=1S/C16H18BrN5O3S/c1-2-21-13(19-20-16(21)26)5-6-18-14(23)8-22-11-4-3-10(17)7-12(11)25-9-15(22)24/h3-4,7H,2,5-6,8-9H2,1H3,(H,18,23)(H,20,26). The van der Waals surface area contributed by atoms with Gasteiger partial charge in [-0.05, 0) is 37.3 Å². The molecule has 0 bridgehead atoms. The summed E-state index contributed by atoms with van der Waals surface area (Å²) < 4.78 is 8.71. The number of anilines is 1. The zero-order valence-electron chi connectivity index (χ0n) is 14.1. The molecular weight excluding hydrogens is 422 g/mol. The first kappa shape index (κ1) is 18.6. The van der Waals surface area contributed by atoms with Crippen LogP contribution >= 0.6 is 28.1 Å². The molecule has 2 aromatic rings. The number of amides is 2. The van der Waals surface area contributed by atoms with Gasteiger partial charge in [-0.25, -0.2) is 0 Å². The second kappa shape index (κ2) is 8.00. The summed E-state index contributed by atoms with van der Waals surface area (Å²) >= 11 is 8.51. The highest BCUT2D eigenvalue weighted by Gasteiger charge is 2.27. The lowest BCUT2D eigenvalue weighted by Crippen LogP contribution is -2.45. The molecule has 0 saturated heterocycles. The second-order valence-electron chi connectivity index (χ2n) is 5.67. The summed E-state index contributed by atoms with van der Waals surface area (Å²) in [6, 6.07) is 5.34. The van der Waals surface area contributed by atoms with E-state index in [4.69, 9.17) is 17.0 Å². The first-order chi connectivity index (χ1) is 12.5. The van der Waals surface area contributed by atoms with E-state index in [0.29, 0.717) is 35.7 Å². The quantitative estimate of drug-likeness (QED) is 0.669. The monoisotopic (exact) mass is 439 g/mol. The van der Waals surface area contributed by atoms with Gasteiger partial charge in [0.1, 0.15) is 18.1 Å². The molecule has 3 rings (SSSR count). The van der Waals surface area contributed by atoms with Crippen molar-refractivity contribution in [3.63, 3.8) is 0 Å². The molecule has 1 aromatic heterocycles. The van der Waals surface area contributed by atoms with Crippen molar-refractivity contribution >= 4 is 45.6 Å². The number of aromatic amines is 1. The molecule has 10 heteroatoms. The summed E-state index contributed by atoms with van der Waals surface area (Å²) in [7, 11) is 0. The fourth-order valence-electron chi connectivity index (χ4n) is 2.73. The Bertz CT molecular complexity index is 894. The molecular formula is C16H18BrN5O3S. The summed E-state index contributed by atoms with van der Waals surface area (Å²) in [4.78, 5) is 25.8. The number of ether oxygens (including phenoxy) is 1. The Balaban J connectivity index is 1.60. The largest absolute Gasteiger partial charge is 0.482 e. The lowest BCUT2D eigenvalue weighted by molar-refractivity contribution is -0.125. The summed E-state index contributed by atoms with van der Waals surface area (Å²) in [5.41, 5.74) is 0.589. The van der Waals surface area contributed by atoms with E-state index in [-0.39, 0.29) is 25.0 Å². The maximum atomic E-state index is 12.3. The molecule has 2 N–H and O–H groups in total. The molecule has 0 unspecified atom stereocenters. The predicted octanol–water partition coefficient (Wildman–Crippen LogP) is 1.81. The molecule has 1 aliphatic rings. The highest BCUT2D eigenvalue weighted by atomic mass is 79.9. The smallest absolute Gasteiger partial charge is 0.265 e. The van der Waals surface area contributed by atoms with E-state index in [1.54, 1.807) is 18.2 Å². The molecule has 8 nitrogen and oxygen atoms in total. The fraction of sp³-hybridized carbons (Fsp3) is 0.375. The van der Waals surface area contributed by atoms with Gasteiger partial charge >= 0.3 is 0 Å². The number of fused-ring (bicyclic) bond motifs is 1. The lowest BCUT2D eigenvalue weighted by Gasteiger charge is -2.29. The molecule has 2 heterocycles. The average molecular weight is 440 g/mol. The minimum Gasteiger partial charge on any atom is -0.482 e. The van der Waals surface area contributed by atoms with Crippen LogP contribution < -0.4 is 15.0 Å². The third kappa shape index (κ3) is 3.96. The minimum absolute atomic E-state index is 0.0581. The average Bonchev–Trinajstić information content (AvgIpc) is 2.97. The molecule has 0 fully saturated rings. The number of nitrogens with one attached hydrogen (secondary N) is 2. The van der Waals surface area contributed by atoms with Crippen LogP contribution in [-0.4, -0.2) is 46.3 Å². The van der Waals surface area contributed by atoms with Crippen LogP contribution in [0.2, 0.25) is 0 Å². The molecule has 0 radical (unpaired) electrons. The van der Waals surface area contributed by atoms with Gasteiger partial charge in [-0.2, -0.15) is 5.10 Å². The molecule has 1 aromatic carbocycles. The maximum absolute atomic E-state index is 12.3. The zero-order valence-corrected chi connectivity index (χ0v) is 16.5. The lowest BCUT2D eigenvalue weighted by atomic mass is 10.2. The topological polar surface area (TPSA) is 92.2 Å². The van der Waals surface area contributed by atoms with Gasteiger partial charge < -0.3 is 14.6 Å². The van der Waals surface area contributed by atoms with Gasteiger partial charge in [-0.3, -0.25) is 19.6 Å². The van der Waals surface area contributed by atoms with Gasteiger partial charge in [0, 0.05) is 24.0 Å². The number of carbonyl (C=O) groups is 2. The van der Waals surface area contributed by atoms with Gasteiger partial charge in [0.15, 0.2) is 11.4 Å². The third-order valence-electron chi connectivity index (χ3n) is 3.99. The van der Waals surface area contributed by atoms with Crippen LogP contribution in [-0.2, 0) is 22.6 Å². The van der Waals surface area contributed by atoms with Crippen LogP contribution in [0.15, 0.2) is 22.7 Å². The van der Waals surface area contributed by atoms with Gasteiger partial charge in [0.25, 0.3) is 5.91 Å². The van der Waals surface area contributed by atoms with Gasteiger partial charge in [0.05, 0.1) is 5.69 Å². The highest BCUT2D eigenvalue weighted by Crippen LogP contribution is 2.34. The van der Waals surface area contributed by atoms with Crippen molar-refractivity contribution in [3.8, 4) is 5.75 Å². The van der Waals surface area contributed by atoms with Crippen molar-refractivity contribution in [1.82, 2.24) is 20.1 Å². The molecule has 0 aliphatic carbocycles. The molecule has 2 amide bonds. The summed E-state index contributed by atoms with van der Waals surface area (Å²) in [5, 5.41) is 9.72. The zero-order chi connectivity index (χ0) is 18.7. The van der Waals surface area contributed by atoms with E-state index in [9.17, 15) is 9.59 Å².